The summed E-state index contributed by atoms with van der Waals surface area (Å²) in [4.78, 5) is 11.1. The number of ether oxygens (including phenoxy) is 1. The van der Waals surface area contributed by atoms with Gasteiger partial charge in [-0.2, -0.15) is 0 Å². The molecule has 0 radical (unpaired) electrons. The number of allylic oxidation sites excluding steroid dienone is 1. The molecule has 0 bridgehead atoms. The number of rotatable bonds is 3. The molecule has 0 aromatic rings. The van der Waals surface area contributed by atoms with Crippen LogP contribution in [0.2, 0.25) is 0 Å². The van der Waals surface area contributed by atoms with Gasteiger partial charge in [0.25, 0.3) is 0 Å². The van der Waals surface area contributed by atoms with Gasteiger partial charge in [0.1, 0.15) is 6.73 Å². The van der Waals surface area contributed by atoms with Crippen molar-refractivity contribution in [1.29, 1.82) is 0 Å². The predicted molar refractivity (Wildman–Crippen MR) is 43.8 cm³/mol. The van der Waals surface area contributed by atoms with Crippen molar-refractivity contribution in [2.75, 3.05) is 6.73 Å². The molecule has 0 unspecified atom stereocenters. The molecular formula is C8H15NO2. The minimum absolute atomic E-state index is 0.0460. The predicted octanol–water partition coefficient (Wildman–Crippen LogP) is 1.19. The van der Waals surface area contributed by atoms with E-state index in [4.69, 9.17) is 5.73 Å². The lowest BCUT2D eigenvalue weighted by atomic mass is 10.1. The molecule has 3 heteroatoms. The Morgan fingerprint density at radius 3 is 2.27 bits per heavy atom. The van der Waals surface area contributed by atoms with Gasteiger partial charge < -0.3 is 4.74 Å². The van der Waals surface area contributed by atoms with Crippen LogP contribution in [-0.4, -0.2) is 12.7 Å². The summed E-state index contributed by atoms with van der Waals surface area (Å²) in [7, 11) is 0. The second-order valence-electron chi connectivity index (χ2n) is 2.43. The van der Waals surface area contributed by atoms with Crippen molar-refractivity contribution < 1.29 is 9.53 Å². The van der Waals surface area contributed by atoms with E-state index in [2.05, 4.69) is 4.74 Å². The van der Waals surface area contributed by atoms with E-state index in [0.29, 0.717) is 6.42 Å². The molecule has 0 saturated heterocycles. The Hall–Kier alpha value is -0.830. The molecule has 11 heavy (non-hydrogen) atoms. The quantitative estimate of drug-likeness (QED) is 0.380. The summed E-state index contributed by atoms with van der Waals surface area (Å²) in [6.07, 6.45) is 0.696. The van der Waals surface area contributed by atoms with Crippen LogP contribution in [0.15, 0.2) is 11.1 Å². The van der Waals surface area contributed by atoms with Gasteiger partial charge in [-0.25, -0.2) is 4.79 Å². The number of esters is 1. The first-order chi connectivity index (χ1) is 5.13. The molecule has 0 amide bonds. The average molecular weight is 157 g/mol. The molecule has 0 heterocycles. The van der Waals surface area contributed by atoms with E-state index >= 15 is 0 Å². The fourth-order valence-electron chi connectivity index (χ4n) is 0.865. The zero-order valence-corrected chi connectivity index (χ0v) is 7.31. The molecule has 0 aliphatic carbocycles. The van der Waals surface area contributed by atoms with Crippen LogP contribution >= 0.6 is 0 Å². The van der Waals surface area contributed by atoms with Crippen LogP contribution < -0.4 is 5.73 Å². The fourth-order valence-corrected chi connectivity index (χ4v) is 0.865. The Bertz CT molecular complexity index is 169. The van der Waals surface area contributed by atoms with E-state index < -0.39 is 0 Å². The minimum Gasteiger partial charge on any atom is -0.447 e. The second kappa shape index (κ2) is 4.91. The molecule has 2 N–H and O–H groups in total. The number of hydrogen-bond donors (Lipinski definition) is 1. The lowest BCUT2D eigenvalue weighted by Crippen LogP contribution is -2.14. The monoisotopic (exact) mass is 157 g/mol. The molecule has 0 saturated carbocycles. The zero-order valence-electron chi connectivity index (χ0n) is 7.31. The first kappa shape index (κ1) is 10.2. The van der Waals surface area contributed by atoms with Gasteiger partial charge in [-0.05, 0) is 20.3 Å². The number of nitrogens with two attached hydrogens (primary N) is 1. The van der Waals surface area contributed by atoms with Crippen LogP contribution in [0.3, 0.4) is 0 Å². The Morgan fingerprint density at radius 1 is 1.45 bits per heavy atom. The summed E-state index contributed by atoms with van der Waals surface area (Å²) in [6, 6.07) is 0. The summed E-state index contributed by atoms with van der Waals surface area (Å²) in [5.41, 5.74) is 6.77. The largest absolute Gasteiger partial charge is 0.447 e. The number of hydrogen-bond acceptors (Lipinski definition) is 3. The van der Waals surface area contributed by atoms with Crippen LogP contribution in [-0.2, 0) is 9.53 Å². The molecule has 64 valence electrons. The molecule has 0 rings (SSSR count). The Morgan fingerprint density at radius 2 is 2.00 bits per heavy atom. The highest BCUT2D eigenvalue weighted by Crippen LogP contribution is 2.08. The topological polar surface area (TPSA) is 52.3 Å². The van der Waals surface area contributed by atoms with Crippen LogP contribution in [0, 0.1) is 0 Å². The summed E-state index contributed by atoms with van der Waals surface area (Å²) in [5.74, 6) is -0.296. The van der Waals surface area contributed by atoms with Crippen molar-refractivity contribution in [3.63, 3.8) is 0 Å². The molecule has 0 aliphatic heterocycles. The maximum atomic E-state index is 11.1. The minimum atomic E-state index is -0.296. The van der Waals surface area contributed by atoms with Crippen molar-refractivity contribution in [3.8, 4) is 0 Å². The first-order valence-corrected chi connectivity index (χ1v) is 3.67. The third-order valence-corrected chi connectivity index (χ3v) is 1.42. The van der Waals surface area contributed by atoms with Crippen LogP contribution in [0.4, 0.5) is 0 Å². The number of carbonyl (C=O) groups is 1. The standard InChI is InChI=1S/C8H15NO2/c1-4-7(6(2)3)8(10)11-5-9/h4-5,9H2,1-3H3. The van der Waals surface area contributed by atoms with Gasteiger partial charge in [0, 0.05) is 5.57 Å². The molecule has 0 aromatic carbocycles. The maximum Gasteiger partial charge on any atom is 0.335 e. The van der Waals surface area contributed by atoms with Gasteiger partial charge in [0.15, 0.2) is 0 Å². The van der Waals surface area contributed by atoms with Crippen molar-refractivity contribution in [2.45, 2.75) is 27.2 Å². The summed E-state index contributed by atoms with van der Waals surface area (Å²) in [6.45, 7) is 5.64. The molecule has 0 fully saturated rings. The molecule has 3 nitrogen and oxygen atoms in total. The van der Waals surface area contributed by atoms with Crippen molar-refractivity contribution in [1.82, 2.24) is 0 Å². The lowest BCUT2D eigenvalue weighted by molar-refractivity contribution is -0.139. The number of carbonyl (C=O) groups excluding carboxylic acids is 1. The normalized spacial score (nSPS) is 9.09. The molecular weight excluding hydrogens is 142 g/mol. The highest BCUT2D eigenvalue weighted by atomic mass is 16.5. The summed E-state index contributed by atoms with van der Waals surface area (Å²) < 4.78 is 4.64. The van der Waals surface area contributed by atoms with Crippen LogP contribution in [0.25, 0.3) is 0 Å². The van der Waals surface area contributed by atoms with Crippen molar-refractivity contribution >= 4 is 5.97 Å². The fraction of sp³-hybridized carbons (Fsp3) is 0.625. The highest BCUT2D eigenvalue weighted by Gasteiger charge is 2.08. The Labute approximate surface area is 67.2 Å². The SMILES string of the molecule is CCC(C(=O)OCN)=C(C)C. The second-order valence-corrected chi connectivity index (χ2v) is 2.43. The van der Waals surface area contributed by atoms with E-state index in [1.807, 2.05) is 20.8 Å². The van der Waals surface area contributed by atoms with Gasteiger partial charge in [-0.15, -0.1) is 0 Å². The van der Waals surface area contributed by atoms with E-state index in [1.165, 1.54) is 0 Å². The van der Waals surface area contributed by atoms with Crippen molar-refractivity contribution in [2.24, 2.45) is 5.73 Å². The van der Waals surface area contributed by atoms with Gasteiger partial charge in [-0.1, -0.05) is 12.5 Å². The maximum absolute atomic E-state index is 11.1. The summed E-state index contributed by atoms with van der Waals surface area (Å²) >= 11 is 0. The van der Waals surface area contributed by atoms with Crippen molar-refractivity contribution in [3.05, 3.63) is 11.1 Å². The first-order valence-electron chi connectivity index (χ1n) is 3.67. The molecule has 0 spiro atoms. The molecule has 0 aliphatic rings. The van der Waals surface area contributed by atoms with Gasteiger partial charge >= 0.3 is 5.97 Å². The van der Waals surface area contributed by atoms with E-state index in [9.17, 15) is 4.79 Å². The van der Waals surface area contributed by atoms with Crippen LogP contribution in [0.1, 0.15) is 27.2 Å². The smallest absolute Gasteiger partial charge is 0.335 e. The average Bonchev–Trinajstić information content (AvgIpc) is 1.88. The van der Waals surface area contributed by atoms with E-state index in [1.54, 1.807) is 0 Å². The summed E-state index contributed by atoms with van der Waals surface area (Å²) in [5, 5.41) is 0. The van der Waals surface area contributed by atoms with E-state index in [-0.39, 0.29) is 12.7 Å². The highest BCUT2D eigenvalue weighted by molar-refractivity contribution is 5.89. The van der Waals surface area contributed by atoms with Gasteiger partial charge in [-0.3, -0.25) is 5.73 Å². The van der Waals surface area contributed by atoms with Crippen LogP contribution in [0.5, 0.6) is 0 Å². The zero-order chi connectivity index (χ0) is 8.85. The third kappa shape index (κ3) is 3.18. The molecule has 0 aromatic heterocycles. The molecule has 0 atom stereocenters. The lowest BCUT2D eigenvalue weighted by Gasteiger charge is -2.05. The Kier molecular flexibility index (Phi) is 4.54. The third-order valence-electron chi connectivity index (χ3n) is 1.42. The van der Waals surface area contributed by atoms with Gasteiger partial charge in [0.05, 0.1) is 0 Å². The van der Waals surface area contributed by atoms with E-state index in [0.717, 1.165) is 11.1 Å². The van der Waals surface area contributed by atoms with Gasteiger partial charge in [0.2, 0.25) is 0 Å². The Balaban J connectivity index is 4.28.